The number of nitrogens with zero attached hydrogens (tertiary/aromatic N) is 1. The van der Waals surface area contributed by atoms with Crippen molar-refractivity contribution in [3.05, 3.63) is 65.9 Å². The first-order chi connectivity index (χ1) is 13.0. The number of aromatic amines is 1. The summed E-state index contributed by atoms with van der Waals surface area (Å²) in [4.78, 5) is 28.3. The smallest absolute Gasteiger partial charge is 0.240 e. The van der Waals surface area contributed by atoms with Crippen molar-refractivity contribution in [2.24, 2.45) is 0 Å². The summed E-state index contributed by atoms with van der Waals surface area (Å²) in [5.74, 6) is -2.90. The zero-order valence-electron chi connectivity index (χ0n) is 14.8. The lowest BCUT2D eigenvalue weighted by Crippen LogP contribution is -2.40. The van der Waals surface area contributed by atoms with Gasteiger partial charge in [0.15, 0.2) is 11.6 Å². The summed E-state index contributed by atoms with van der Waals surface area (Å²) < 4.78 is 26.5. The van der Waals surface area contributed by atoms with Gasteiger partial charge in [0, 0.05) is 42.3 Å². The highest BCUT2D eigenvalue weighted by molar-refractivity contribution is 5.97. The van der Waals surface area contributed by atoms with Crippen LogP contribution in [0.25, 0.3) is 10.9 Å². The third kappa shape index (κ3) is 4.31. The number of hydrogen-bond donors (Lipinski definition) is 2. The fraction of sp³-hybridized carbons (Fsp3) is 0.200. The van der Waals surface area contributed by atoms with Crippen molar-refractivity contribution < 1.29 is 18.4 Å². The Balaban J connectivity index is 1.59. The number of H-pyrrole nitrogens is 1. The van der Waals surface area contributed by atoms with Gasteiger partial charge in [-0.25, -0.2) is 8.78 Å². The quantitative estimate of drug-likeness (QED) is 0.699. The Labute approximate surface area is 155 Å². The molecule has 27 heavy (non-hydrogen) atoms. The number of rotatable bonds is 6. The standard InChI is InChI=1S/C20H19F2N3O2/c1-13(26)25(15-6-7-17(21)18(22)10-15)12-20(27)23-9-8-14-11-24-19-5-3-2-4-16(14)19/h2-7,10-11,24H,8-9,12H2,1H3,(H,23,27). The zero-order valence-corrected chi connectivity index (χ0v) is 14.8. The molecule has 0 aliphatic heterocycles. The van der Waals surface area contributed by atoms with E-state index in [1.165, 1.54) is 13.0 Å². The molecule has 0 saturated heterocycles. The van der Waals surface area contributed by atoms with Gasteiger partial charge in [-0.2, -0.15) is 0 Å². The molecule has 3 rings (SSSR count). The summed E-state index contributed by atoms with van der Waals surface area (Å²) in [5.41, 5.74) is 2.24. The Morgan fingerprint density at radius 1 is 1.11 bits per heavy atom. The summed E-state index contributed by atoms with van der Waals surface area (Å²) in [6.45, 7) is 1.39. The molecule has 0 aliphatic rings. The molecule has 3 aromatic rings. The molecule has 140 valence electrons. The van der Waals surface area contributed by atoms with Gasteiger partial charge in [0.2, 0.25) is 11.8 Å². The normalized spacial score (nSPS) is 10.8. The lowest BCUT2D eigenvalue weighted by Gasteiger charge is -2.20. The van der Waals surface area contributed by atoms with Crippen molar-refractivity contribution in [2.45, 2.75) is 13.3 Å². The van der Waals surface area contributed by atoms with E-state index >= 15 is 0 Å². The Morgan fingerprint density at radius 2 is 1.89 bits per heavy atom. The number of aromatic nitrogens is 1. The highest BCUT2D eigenvalue weighted by Gasteiger charge is 2.17. The topological polar surface area (TPSA) is 65.2 Å². The maximum Gasteiger partial charge on any atom is 0.240 e. The summed E-state index contributed by atoms with van der Waals surface area (Å²) >= 11 is 0. The Hall–Kier alpha value is -3.22. The molecule has 0 saturated carbocycles. The molecule has 7 heteroatoms. The van der Waals surface area contributed by atoms with E-state index in [4.69, 9.17) is 0 Å². The highest BCUT2D eigenvalue weighted by atomic mass is 19.2. The van der Waals surface area contributed by atoms with Crippen LogP contribution < -0.4 is 10.2 Å². The molecule has 1 heterocycles. The molecule has 0 spiro atoms. The van der Waals surface area contributed by atoms with E-state index in [-0.39, 0.29) is 18.1 Å². The SMILES string of the molecule is CC(=O)N(CC(=O)NCCc1c[nH]c2ccccc12)c1ccc(F)c(F)c1. The van der Waals surface area contributed by atoms with Crippen LogP contribution in [-0.2, 0) is 16.0 Å². The van der Waals surface area contributed by atoms with Crippen LogP contribution in [0.1, 0.15) is 12.5 Å². The maximum atomic E-state index is 13.4. The fourth-order valence-electron chi connectivity index (χ4n) is 2.91. The number of anilines is 1. The number of nitrogens with one attached hydrogen (secondary N) is 2. The first-order valence-corrected chi connectivity index (χ1v) is 8.50. The minimum Gasteiger partial charge on any atom is -0.361 e. The fourth-order valence-corrected chi connectivity index (χ4v) is 2.91. The molecule has 0 atom stereocenters. The molecule has 5 nitrogen and oxygen atoms in total. The van der Waals surface area contributed by atoms with Gasteiger partial charge in [0.1, 0.15) is 6.54 Å². The van der Waals surface area contributed by atoms with Crippen LogP contribution in [0, 0.1) is 11.6 Å². The van der Waals surface area contributed by atoms with E-state index in [2.05, 4.69) is 10.3 Å². The Bertz CT molecular complexity index is 984. The molecule has 0 aliphatic carbocycles. The van der Waals surface area contributed by atoms with Gasteiger partial charge < -0.3 is 15.2 Å². The average Bonchev–Trinajstić information content (AvgIpc) is 3.05. The maximum absolute atomic E-state index is 13.4. The number of fused-ring (bicyclic) bond motifs is 1. The van der Waals surface area contributed by atoms with E-state index in [1.807, 2.05) is 30.5 Å². The van der Waals surface area contributed by atoms with Gasteiger partial charge in [-0.1, -0.05) is 18.2 Å². The molecule has 0 fully saturated rings. The van der Waals surface area contributed by atoms with E-state index < -0.39 is 17.5 Å². The molecule has 0 unspecified atom stereocenters. The molecule has 2 amide bonds. The van der Waals surface area contributed by atoms with Gasteiger partial charge in [0.25, 0.3) is 0 Å². The number of hydrogen-bond acceptors (Lipinski definition) is 2. The molecule has 2 N–H and O–H groups in total. The van der Waals surface area contributed by atoms with E-state index in [1.54, 1.807) is 0 Å². The molecule has 0 radical (unpaired) electrons. The Morgan fingerprint density at radius 3 is 2.63 bits per heavy atom. The van der Waals surface area contributed by atoms with Crippen LogP contribution in [0.5, 0.6) is 0 Å². The zero-order chi connectivity index (χ0) is 19.4. The lowest BCUT2D eigenvalue weighted by molar-refractivity contribution is -0.123. The van der Waals surface area contributed by atoms with Crippen LogP contribution in [0.2, 0.25) is 0 Å². The third-order valence-electron chi connectivity index (χ3n) is 4.29. The lowest BCUT2D eigenvalue weighted by atomic mass is 10.1. The third-order valence-corrected chi connectivity index (χ3v) is 4.29. The summed E-state index contributed by atoms with van der Waals surface area (Å²) in [7, 11) is 0. The molecular weight excluding hydrogens is 352 g/mol. The first-order valence-electron chi connectivity index (χ1n) is 8.50. The monoisotopic (exact) mass is 371 g/mol. The first kappa shape index (κ1) is 18.6. The van der Waals surface area contributed by atoms with E-state index in [0.717, 1.165) is 33.5 Å². The van der Waals surface area contributed by atoms with Crippen LogP contribution in [0.3, 0.4) is 0 Å². The van der Waals surface area contributed by atoms with Crippen LogP contribution in [0.15, 0.2) is 48.7 Å². The molecule has 0 bridgehead atoms. The highest BCUT2D eigenvalue weighted by Crippen LogP contribution is 2.19. The predicted molar refractivity (Wildman–Crippen MR) is 99.4 cm³/mol. The minimum atomic E-state index is -1.07. The van der Waals surface area contributed by atoms with Gasteiger partial charge >= 0.3 is 0 Å². The summed E-state index contributed by atoms with van der Waals surface area (Å²) in [5, 5.41) is 3.85. The number of para-hydroxylation sites is 1. The van der Waals surface area contributed by atoms with Crippen molar-refractivity contribution >= 4 is 28.4 Å². The van der Waals surface area contributed by atoms with Gasteiger partial charge in [-0.3, -0.25) is 9.59 Å². The molecular formula is C20H19F2N3O2. The molecule has 1 aromatic heterocycles. The average molecular weight is 371 g/mol. The van der Waals surface area contributed by atoms with Crippen LogP contribution in [0.4, 0.5) is 14.5 Å². The second-order valence-electron chi connectivity index (χ2n) is 6.16. The van der Waals surface area contributed by atoms with Crippen molar-refractivity contribution in [3.63, 3.8) is 0 Å². The van der Waals surface area contributed by atoms with Crippen molar-refractivity contribution in [1.29, 1.82) is 0 Å². The number of halogens is 2. The second-order valence-corrected chi connectivity index (χ2v) is 6.16. The molecule has 2 aromatic carbocycles. The van der Waals surface area contributed by atoms with Crippen LogP contribution in [-0.4, -0.2) is 29.9 Å². The largest absolute Gasteiger partial charge is 0.361 e. The minimum absolute atomic E-state index is 0.133. The van der Waals surface area contributed by atoms with Gasteiger partial charge in [-0.05, 0) is 30.2 Å². The van der Waals surface area contributed by atoms with E-state index in [0.29, 0.717) is 13.0 Å². The number of carbonyl (C=O) groups is 2. The van der Waals surface area contributed by atoms with Crippen LogP contribution >= 0.6 is 0 Å². The number of benzene rings is 2. The van der Waals surface area contributed by atoms with Gasteiger partial charge in [-0.15, -0.1) is 0 Å². The van der Waals surface area contributed by atoms with Crippen molar-refractivity contribution in [2.75, 3.05) is 18.0 Å². The van der Waals surface area contributed by atoms with Gasteiger partial charge in [0.05, 0.1) is 0 Å². The summed E-state index contributed by atoms with van der Waals surface area (Å²) in [6.07, 6.45) is 2.53. The number of carbonyl (C=O) groups excluding carboxylic acids is 2. The van der Waals surface area contributed by atoms with E-state index in [9.17, 15) is 18.4 Å². The summed E-state index contributed by atoms with van der Waals surface area (Å²) in [6, 6.07) is 11.0. The Kier molecular flexibility index (Phi) is 5.49. The number of amides is 2. The van der Waals surface area contributed by atoms with Crippen molar-refractivity contribution in [1.82, 2.24) is 10.3 Å². The van der Waals surface area contributed by atoms with Crippen molar-refractivity contribution in [3.8, 4) is 0 Å². The predicted octanol–water partition coefficient (Wildman–Crippen LogP) is 3.16. The second kappa shape index (κ2) is 7.99.